The van der Waals surface area contributed by atoms with Crippen LogP contribution < -0.4 is 4.74 Å². The Morgan fingerprint density at radius 3 is 2.86 bits per heavy atom. The van der Waals surface area contributed by atoms with E-state index in [9.17, 15) is 14.3 Å². The molecule has 0 spiro atoms. The highest BCUT2D eigenvalue weighted by atomic mass is 19.1. The molecule has 1 heterocycles. The maximum atomic E-state index is 13.3. The number of amides is 1. The number of hydrogen-bond donors (Lipinski definition) is 1. The van der Waals surface area contributed by atoms with Gasteiger partial charge >= 0.3 is 0 Å². The number of carbonyl (C=O) groups excluding carboxylic acids is 1. The highest BCUT2D eigenvalue weighted by molar-refractivity contribution is 5.92. The van der Waals surface area contributed by atoms with Gasteiger partial charge in [-0.1, -0.05) is 6.07 Å². The molecule has 4 nitrogen and oxygen atoms in total. The quantitative estimate of drug-likeness (QED) is 0.870. The summed E-state index contributed by atoms with van der Waals surface area (Å²) in [6, 6.07) is 4.25. The summed E-state index contributed by atoms with van der Waals surface area (Å²) in [6.07, 6.45) is 4.77. The number of carbonyl (C=O) groups is 1. The van der Waals surface area contributed by atoms with Crippen molar-refractivity contribution in [3.05, 3.63) is 35.7 Å². The summed E-state index contributed by atoms with van der Waals surface area (Å²) in [5.41, 5.74) is -0.232. The van der Waals surface area contributed by atoms with Crippen LogP contribution in [0.5, 0.6) is 5.75 Å². The van der Waals surface area contributed by atoms with Crippen LogP contribution in [0.2, 0.25) is 0 Å². The van der Waals surface area contributed by atoms with Crippen LogP contribution >= 0.6 is 0 Å². The second kappa shape index (κ2) is 6.48. The highest BCUT2D eigenvalue weighted by Gasteiger charge is 2.37. The highest BCUT2D eigenvalue weighted by Crippen LogP contribution is 2.27. The Hall–Kier alpha value is -1.88. The van der Waals surface area contributed by atoms with Crippen molar-refractivity contribution in [3.8, 4) is 5.75 Å². The van der Waals surface area contributed by atoms with Crippen molar-refractivity contribution in [2.24, 2.45) is 0 Å². The normalized spacial score (nSPS) is 19.0. The maximum absolute atomic E-state index is 13.3. The number of benzene rings is 1. The molecule has 1 aliphatic rings. The average Bonchev–Trinajstić information content (AvgIpc) is 2.95. The SMILES string of the molecule is COc1cc(/C=C/C(=O)N2CCCC2C(C)(C)O)ccc1F. The molecule has 1 aliphatic heterocycles. The molecule has 0 saturated carbocycles. The molecule has 1 amide bonds. The number of methoxy groups -OCH3 is 1. The van der Waals surface area contributed by atoms with Gasteiger partial charge in [-0.15, -0.1) is 0 Å². The molecule has 0 bridgehead atoms. The topological polar surface area (TPSA) is 49.8 Å². The zero-order valence-corrected chi connectivity index (χ0v) is 13.2. The Morgan fingerprint density at radius 1 is 1.50 bits per heavy atom. The number of likely N-dealkylation sites (tertiary alicyclic amines) is 1. The summed E-state index contributed by atoms with van der Waals surface area (Å²) in [7, 11) is 1.40. The van der Waals surface area contributed by atoms with Gasteiger partial charge in [0.05, 0.1) is 18.8 Å². The molecular weight excluding hydrogens is 285 g/mol. The number of rotatable bonds is 4. The van der Waals surface area contributed by atoms with Crippen molar-refractivity contribution in [1.29, 1.82) is 0 Å². The van der Waals surface area contributed by atoms with E-state index < -0.39 is 11.4 Å². The van der Waals surface area contributed by atoms with Crippen molar-refractivity contribution >= 4 is 12.0 Å². The lowest BCUT2D eigenvalue weighted by Gasteiger charge is -2.33. The van der Waals surface area contributed by atoms with Crippen molar-refractivity contribution in [2.75, 3.05) is 13.7 Å². The first-order valence-electron chi connectivity index (χ1n) is 7.37. The van der Waals surface area contributed by atoms with Gasteiger partial charge in [0, 0.05) is 12.6 Å². The molecule has 0 aromatic heterocycles. The number of aliphatic hydroxyl groups is 1. The molecule has 5 heteroatoms. The van der Waals surface area contributed by atoms with Crippen molar-refractivity contribution < 1.29 is 19.0 Å². The molecule has 1 unspecified atom stereocenters. The standard InChI is InChI=1S/C17H22FNO3/c1-17(2,21)15-5-4-10-19(15)16(20)9-7-12-6-8-13(18)14(11-12)22-3/h6-9,11,15,21H,4-5,10H2,1-3H3/b9-7+. The summed E-state index contributed by atoms with van der Waals surface area (Å²) in [5.74, 6) is -0.439. The molecule has 1 N–H and O–H groups in total. The van der Waals surface area contributed by atoms with Crippen LogP contribution in [-0.2, 0) is 4.79 Å². The Balaban J connectivity index is 2.11. The third-order valence-corrected chi connectivity index (χ3v) is 3.94. The Labute approximate surface area is 130 Å². The lowest BCUT2D eigenvalue weighted by Crippen LogP contribution is -2.47. The number of hydrogen-bond acceptors (Lipinski definition) is 3. The van der Waals surface area contributed by atoms with Gasteiger partial charge in [0.2, 0.25) is 5.91 Å². The van der Waals surface area contributed by atoms with E-state index in [0.717, 1.165) is 12.8 Å². The van der Waals surface area contributed by atoms with E-state index in [-0.39, 0.29) is 17.7 Å². The molecule has 0 radical (unpaired) electrons. The fourth-order valence-corrected chi connectivity index (χ4v) is 2.81. The van der Waals surface area contributed by atoms with Gasteiger partial charge in [-0.2, -0.15) is 0 Å². The summed E-state index contributed by atoms with van der Waals surface area (Å²) < 4.78 is 18.3. The minimum absolute atomic E-state index is 0.144. The van der Waals surface area contributed by atoms with Crippen molar-refractivity contribution in [1.82, 2.24) is 4.90 Å². The van der Waals surface area contributed by atoms with Crippen LogP contribution in [0.25, 0.3) is 6.08 Å². The van der Waals surface area contributed by atoms with E-state index >= 15 is 0 Å². The fraction of sp³-hybridized carbons (Fsp3) is 0.471. The van der Waals surface area contributed by atoms with E-state index in [4.69, 9.17) is 4.74 Å². The largest absolute Gasteiger partial charge is 0.494 e. The molecule has 1 aromatic carbocycles. The number of ether oxygens (including phenoxy) is 1. The lowest BCUT2D eigenvalue weighted by atomic mass is 9.96. The van der Waals surface area contributed by atoms with Crippen LogP contribution in [0.1, 0.15) is 32.3 Å². The molecule has 1 fully saturated rings. The van der Waals surface area contributed by atoms with Gasteiger partial charge < -0.3 is 14.7 Å². The minimum Gasteiger partial charge on any atom is -0.494 e. The Bertz CT molecular complexity index is 578. The molecular formula is C17H22FNO3. The predicted molar refractivity (Wildman–Crippen MR) is 83.0 cm³/mol. The number of nitrogens with zero attached hydrogens (tertiary/aromatic N) is 1. The first-order chi connectivity index (χ1) is 10.3. The zero-order valence-electron chi connectivity index (χ0n) is 13.2. The van der Waals surface area contributed by atoms with Crippen LogP contribution in [0.3, 0.4) is 0 Å². The number of halogens is 1. The first-order valence-corrected chi connectivity index (χ1v) is 7.37. The second-order valence-corrected chi connectivity index (χ2v) is 6.07. The third kappa shape index (κ3) is 3.65. The summed E-state index contributed by atoms with van der Waals surface area (Å²) in [4.78, 5) is 14.0. The van der Waals surface area contributed by atoms with E-state index in [1.54, 1.807) is 30.9 Å². The molecule has 22 heavy (non-hydrogen) atoms. The van der Waals surface area contributed by atoms with Crippen molar-refractivity contribution in [3.63, 3.8) is 0 Å². The van der Waals surface area contributed by atoms with E-state index in [1.807, 2.05) is 0 Å². The van der Waals surface area contributed by atoms with Gasteiger partial charge in [-0.3, -0.25) is 4.79 Å². The molecule has 120 valence electrons. The lowest BCUT2D eigenvalue weighted by molar-refractivity contribution is -0.131. The Morgan fingerprint density at radius 2 is 2.23 bits per heavy atom. The average molecular weight is 307 g/mol. The molecule has 1 atom stereocenters. The summed E-state index contributed by atoms with van der Waals surface area (Å²) in [5, 5.41) is 10.1. The van der Waals surface area contributed by atoms with E-state index in [0.29, 0.717) is 12.1 Å². The second-order valence-electron chi connectivity index (χ2n) is 6.07. The van der Waals surface area contributed by atoms with Gasteiger partial charge in [-0.25, -0.2) is 4.39 Å². The summed E-state index contributed by atoms with van der Waals surface area (Å²) >= 11 is 0. The third-order valence-electron chi connectivity index (χ3n) is 3.94. The monoisotopic (exact) mass is 307 g/mol. The first kappa shape index (κ1) is 16.5. The maximum Gasteiger partial charge on any atom is 0.246 e. The fourth-order valence-electron chi connectivity index (χ4n) is 2.81. The predicted octanol–water partition coefficient (Wildman–Crippen LogP) is 2.61. The van der Waals surface area contributed by atoms with Crippen LogP contribution in [0.15, 0.2) is 24.3 Å². The molecule has 1 saturated heterocycles. The van der Waals surface area contributed by atoms with Gasteiger partial charge in [0.15, 0.2) is 11.6 Å². The van der Waals surface area contributed by atoms with Gasteiger partial charge in [0.25, 0.3) is 0 Å². The van der Waals surface area contributed by atoms with Crippen LogP contribution in [-0.4, -0.2) is 41.2 Å². The zero-order chi connectivity index (χ0) is 16.3. The molecule has 1 aromatic rings. The minimum atomic E-state index is -0.918. The Kier molecular flexibility index (Phi) is 4.86. The summed E-state index contributed by atoms with van der Waals surface area (Å²) in [6.45, 7) is 4.08. The smallest absolute Gasteiger partial charge is 0.246 e. The van der Waals surface area contributed by atoms with E-state index in [2.05, 4.69) is 0 Å². The molecule has 0 aliphatic carbocycles. The van der Waals surface area contributed by atoms with Crippen LogP contribution in [0, 0.1) is 5.82 Å². The van der Waals surface area contributed by atoms with E-state index in [1.165, 1.54) is 25.3 Å². The van der Waals surface area contributed by atoms with Crippen molar-refractivity contribution in [2.45, 2.75) is 38.3 Å². The van der Waals surface area contributed by atoms with Crippen LogP contribution in [0.4, 0.5) is 4.39 Å². The van der Waals surface area contributed by atoms with Gasteiger partial charge in [-0.05, 0) is 50.5 Å². The molecule has 2 rings (SSSR count). The van der Waals surface area contributed by atoms with Gasteiger partial charge in [0.1, 0.15) is 0 Å².